The van der Waals surface area contributed by atoms with E-state index in [-0.39, 0.29) is 0 Å². The molecule has 1 aliphatic rings. The van der Waals surface area contributed by atoms with Crippen LogP contribution in [0.25, 0.3) is 0 Å². The third kappa shape index (κ3) is 2.86. The number of ether oxygens (including phenoxy) is 1. The number of aromatic nitrogens is 1. The predicted molar refractivity (Wildman–Crippen MR) is 66.1 cm³/mol. The van der Waals surface area contributed by atoms with Crippen molar-refractivity contribution in [1.29, 1.82) is 0 Å². The summed E-state index contributed by atoms with van der Waals surface area (Å²) in [6.45, 7) is 2.99. The molecule has 0 N–H and O–H groups in total. The molecule has 1 aromatic rings. The maximum atomic E-state index is 5.90. The Balaban J connectivity index is 2.03. The second-order valence-corrected chi connectivity index (χ2v) is 4.63. The summed E-state index contributed by atoms with van der Waals surface area (Å²) >= 11 is 5.90. The molecule has 2 rings (SSSR count). The molecule has 1 atom stereocenters. The molecule has 0 saturated carbocycles. The molecule has 0 aliphatic carbocycles. The van der Waals surface area contributed by atoms with Crippen molar-refractivity contribution < 1.29 is 4.74 Å². The first-order valence-electron chi connectivity index (χ1n) is 5.65. The molecular formula is C12H17ClN2O. The van der Waals surface area contributed by atoms with Gasteiger partial charge in [0.2, 0.25) is 0 Å². The van der Waals surface area contributed by atoms with Gasteiger partial charge in [0.1, 0.15) is 5.15 Å². The zero-order valence-electron chi connectivity index (χ0n) is 9.53. The topological polar surface area (TPSA) is 25.4 Å². The molecular weight excluding hydrogens is 224 g/mol. The number of rotatable bonds is 3. The summed E-state index contributed by atoms with van der Waals surface area (Å²) in [5, 5.41) is 0.561. The van der Waals surface area contributed by atoms with Crippen molar-refractivity contribution in [3.63, 3.8) is 0 Å². The van der Waals surface area contributed by atoms with Crippen LogP contribution in [0.1, 0.15) is 12.8 Å². The number of nitrogens with zero attached hydrogens (tertiary/aromatic N) is 2. The summed E-state index contributed by atoms with van der Waals surface area (Å²) in [5.41, 5.74) is 1.17. The van der Waals surface area contributed by atoms with Gasteiger partial charge in [0.25, 0.3) is 0 Å². The van der Waals surface area contributed by atoms with E-state index < -0.39 is 0 Å². The van der Waals surface area contributed by atoms with E-state index in [2.05, 4.69) is 9.88 Å². The van der Waals surface area contributed by atoms with Crippen molar-refractivity contribution in [3.05, 3.63) is 23.5 Å². The van der Waals surface area contributed by atoms with Gasteiger partial charge in [-0.15, -0.1) is 0 Å². The lowest BCUT2D eigenvalue weighted by Gasteiger charge is -2.34. The highest BCUT2D eigenvalue weighted by atomic mass is 35.5. The third-order valence-corrected chi connectivity index (χ3v) is 3.20. The van der Waals surface area contributed by atoms with Crippen LogP contribution in [-0.2, 0) is 4.74 Å². The van der Waals surface area contributed by atoms with Crippen LogP contribution >= 0.6 is 11.6 Å². The van der Waals surface area contributed by atoms with Crippen molar-refractivity contribution in [2.45, 2.75) is 12.8 Å². The lowest BCUT2D eigenvalue weighted by Crippen LogP contribution is -2.37. The number of anilines is 1. The van der Waals surface area contributed by atoms with Gasteiger partial charge in [-0.05, 0) is 30.9 Å². The zero-order chi connectivity index (χ0) is 11.4. The summed E-state index contributed by atoms with van der Waals surface area (Å²) in [4.78, 5) is 6.37. The number of piperidine rings is 1. The molecule has 1 saturated heterocycles. The number of pyridine rings is 1. The highest BCUT2D eigenvalue weighted by Crippen LogP contribution is 2.24. The monoisotopic (exact) mass is 240 g/mol. The van der Waals surface area contributed by atoms with Crippen molar-refractivity contribution >= 4 is 17.3 Å². The largest absolute Gasteiger partial charge is 0.384 e. The normalized spacial score (nSPS) is 21.1. The summed E-state index contributed by atoms with van der Waals surface area (Å²) in [6.07, 6.45) is 4.23. The van der Waals surface area contributed by atoms with E-state index in [0.29, 0.717) is 11.1 Å². The van der Waals surface area contributed by atoms with Gasteiger partial charge in [0.05, 0.1) is 6.61 Å². The molecule has 1 fully saturated rings. The Morgan fingerprint density at radius 3 is 3.25 bits per heavy atom. The van der Waals surface area contributed by atoms with Gasteiger partial charge in [-0.3, -0.25) is 0 Å². The van der Waals surface area contributed by atoms with Gasteiger partial charge in [0.15, 0.2) is 0 Å². The van der Waals surface area contributed by atoms with Gasteiger partial charge in [-0.1, -0.05) is 11.6 Å². The molecule has 3 nitrogen and oxygen atoms in total. The van der Waals surface area contributed by atoms with E-state index in [1.807, 2.05) is 12.1 Å². The molecule has 1 aliphatic heterocycles. The second kappa shape index (κ2) is 5.51. The quantitative estimate of drug-likeness (QED) is 0.760. The number of methoxy groups -OCH3 is 1. The Hall–Kier alpha value is -0.800. The Labute approximate surface area is 101 Å². The summed E-state index contributed by atoms with van der Waals surface area (Å²) in [7, 11) is 1.77. The van der Waals surface area contributed by atoms with Gasteiger partial charge < -0.3 is 9.64 Å². The Kier molecular flexibility index (Phi) is 4.02. The first-order valence-corrected chi connectivity index (χ1v) is 6.03. The van der Waals surface area contributed by atoms with E-state index in [4.69, 9.17) is 16.3 Å². The number of hydrogen-bond acceptors (Lipinski definition) is 3. The molecule has 0 radical (unpaired) electrons. The minimum absolute atomic E-state index is 0.561. The van der Waals surface area contributed by atoms with Gasteiger partial charge in [-0.2, -0.15) is 0 Å². The fraction of sp³-hybridized carbons (Fsp3) is 0.583. The number of halogens is 1. The lowest BCUT2D eigenvalue weighted by atomic mass is 9.98. The molecule has 0 bridgehead atoms. The first kappa shape index (κ1) is 11.7. The van der Waals surface area contributed by atoms with Crippen LogP contribution in [0.3, 0.4) is 0 Å². The minimum Gasteiger partial charge on any atom is -0.384 e. The molecule has 2 heterocycles. The van der Waals surface area contributed by atoms with Crippen LogP contribution < -0.4 is 4.90 Å². The maximum Gasteiger partial charge on any atom is 0.131 e. The van der Waals surface area contributed by atoms with E-state index >= 15 is 0 Å². The Morgan fingerprint density at radius 1 is 1.62 bits per heavy atom. The van der Waals surface area contributed by atoms with Crippen LogP contribution in [0.2, 0.25) is 5.15 Å². The van der Waals surface area contributed by atoms with E-state index in [1.165, 1.54) is 18.5 Å². The van der Waals surface area contributed by atoms with Crippen LogP contribution in [0.15, 0.2) is 18.3 Å². The average Bonchev–Trinajstić information content (AvgIpc) is 2.30. The molecule has 4 heteroatoms. The first-order chi connectivity index (χ1) is 7.79. The van der Waals surface area contributed by atoms with Crippen LogP contribution in [0.4, 0.5) is 5.69 Å². The summed E-state index contributed by atoms with van der Waals surface area (Å²) in [6, 6.07) is 3.94. The smallest absolute Gasteiger partial charge is 0.131 e. The van der Waals surface area contributed by atoms with Crippen molar-refractivity contribution in [2.75, 3.05) is 31.7 Å². The zero-order valence-corrected chi connectivity index (χ0v) is 10.3. The minimum atomic E-state index is 0.561. The molecule has 88 valence electrons. The third-order valence-electron chi connectivity index (χ3n) is 3.00. The van der Waals surface area contributed by atoms with Crippen molar-refractivity contribution in [1.82, 2.24) is 4.98 Å². The molecule has 16 heavy (non-hydrogen) atoms. The highest BCUT2D eigenvalue weighted by Gasteiger charge is 2.20. The number of hydrogen-bond donors (Lipinski definition) is 0. The van der Waals surface area contributed by atoms with E-state index in [9.17, 15) is 0 Å². The second-order valence-electron chi connectivity index (χ2n) is 4.25. The van der Waals surface area contributed by atoms with Gasteiger partial charge >= 0.3 is 0 Å². The van der Waals surface area contributed by atoms with Gasteiger partial charge in [0, 0.05) is 32.1 Å². The fourth-order valence-corrected chi connectivity index (χ4v) is 2.43. The lowest BCUT2D eigenvalue weighted by molar-refractivity contribution is 0.143. The molecule has 0 amide bonds. The Morgan fingerprint density at radius 2 is 2.50 bits per heavy atom. The highest BCUT2D eigenvalue weighted by molar-refractivity contribution is 6.29. The molecule has 1 aromatic heterocycles. The van der Waals surface area contributed by atoms with Crippen LogP contribution in [0.5, 0.6) is 0 Å². The van der Waals surface area contributed by atoms with Crippen molar-refractivity contribution in [2.24, 2.45) is 5.92 Å². The average molecular weight is 241 g/mol. The predicted octanol–water partition coefficient (Wildman–Crippen LogP) is 2.60. The summed E-state index contributed by atoms with van der Waals surface area (Å²) in [5.74, 6) is 0.630. The molecule has 0 aromatic carbocycles. The van der Waals surface area contributed by atoms with Crippen LogP contribution in [0, 0.1) is 5.92 Å². The van der Waals surface area contributed by atoms with Crippen molar-refractivity contribution in [3.8, 4) is 0 Å². The Bertz CT molecular complexity index is 344. The SMILES string of the molecule is COCC1CCCN(c2ccnc(Cl)c2)C1. The maximum absolute atomic E-state index is 5.90. The van der Waals surface area contributed by atoms with E-state index in [1.54, 1.807) is 13.3 Å². The molecule has 1 unspecified atom stereocenters. The standard InChI is InChI=1S/C12H17ClN2O/c1-16-9-10-3-2-6-15(8-10)11-4-5-14-12(13)7-11/h4-5,7,10H,2-3,6,8-9H2,1H3. The van der Waals surface area contributed by atoms with Crippen LogP contribution in [-0.4, -0.2) is 31.8 Å². The van der Waals surface area contributed by atoms with Gasteiger partial charge in [-0.25, -0.2) is 4.98 Å². The molecule has 0 spiro atoms. The fourth-order valence-electron chi connectivity index (χ4n) is 2.26. The van der Waals surface area contributed by atoms with E-state index in [0.717, 1.165) is 19.7 Å². The summed E-state index contributed by atoms with van der Waals surface area (Å²) < 4.78 is 5.22.